The number of ether oxygens (including phenoxy) is 1. The summed E-state index contributed by atoms with van der Waals surface area (Å²) in [7, 11) is -3.01. The number of nitrogens with zero attached hydrogens (tertiary/aromatic N) is 2. The molecule has 0 atom stereocenters. The van der Waals surface area contributed by atoms with Gasteiger partial charge in [-0.25, -0.2) is 12.8 Å². The van der Waals surface area contributed by atoms with Gasteiger partial charge >= 0.3 is 5.97 Å². The number of benzene rings is 1. The number of hydrogen-bond donors (Lipinski definition) is 0. The molecule has 1 aromatic carbocycles. The van der Waals surface area contributed by atoms with Crippen molar-refractivity contribution in [1.29, 1.82) is 0 Å². The van der Waals surface area contributed by atoms with Gasteiger partial charge in [0, 0.05) is 25.7 Å². The van der Waals surface area contributed by atoms with E-state index in [-0.39, 0.29) is 42.4 Å². The summed E-state index contributed by atoms with van der Waals surface area (Å²) in [6.07, 6.45) is 5.06. The highest BCUT2D eigenvalue weighted by molar-refractivity contribution is 7.91. The van der Waals surface area contributed by atoms with Crippen LogP contribution in [0.15, 0.2) is 24.3 Å². The molecule has 0 unspecified atom stereocenters. The number of carbonyl (C=O) groups excluding carboxylic acids is 2. The minimum atomic E-state index is -3.01. The predicted molar refractivity (Wildman–Crippen MR) is 110 cm³/mol. The fourth-order valence-corrected chi connectivity index (χ4v) is 5.24. The summed E-state index contributed by atoms with van der Waals surface area (Å²) in [5.74, 6) is -1.05. The molecule has 0 aromatic heterocycles. The van der Waals surface area contributed by atoms with Crippen LogP contribution < -0.4 is 0 Å². The Morgan fingerprint density at radius 1 is 1.07 bits per heavy atom. The van der Waals surface area contributed by atoms with Crippen LogP contribution in [-0.4, -0.2) is 73.9 Å². The Morgan fingerprint density at radius 2 is 1.70 bits per heavy atom. The molecular weight excluding hydrogens is 411 g/mol. The van der Waals surface area contributed by atoms with Crippen molar-refractivity contribution in [2.75, 3.05) is 37.7 Å². The molecule has 1 saturated carbocycles. The summed E-state index contributed by atoms with van der Waals surface area (Å²) in [6.45, 7) is 0.576. The van der Waals surface area contributed by atoms with Gasteiger partial charge in [-0.1, -0.05) is 31.4 Å². The molecule has 1 aliphatic carbocycles. The minimum absolute atomic E-state index is 0.0236. The SMILES string of the molecule is O=C(CN1CCS(=O)(=O)CC1)OCC(=O)N(Cc1ccc(F)cc1)C1CCCCC1. The molecule has 0 radical (unpaired) electrons. The molecule has 3 rings (SSSR count). The zero-order valence-electron chi connectivity index (χ0n) is 17.1. The lowest BCUT2D eigenvalue weighted by atomic mass is 9.93. The van der Waals surface area contributed by atoms with Crippen LogP contribution in [0.1, 0.15) is 37.7 Å². The van der Waals surface area contributed by atoms with E-state index in [2.05, 4.69) is 0 Å². The Labute approximate surface area is 177 Å². The van der Waals surface area contributed by atoms with Crippen molar-refractivity contribution < 1.29 is 27.1 Å². The summed E-state index contributed by atoms with van der Waals surface area (Å²) < 4.78 is 41.4. The lowest BCUT2D eigenvalue weighted by Crippen LogP contribution is -2.45. The second-order valence-electron chi connectivity index (χ2n) is 8.03. The van der Waals surface area contributed by atoms with Crippen LogP contribution in [0.25, 0.3) is 0 Å². The molecule has 30 heavy (non-hydrogen) atoms. The third-order valence-corrected chi connectivity index (χ3v) is 7.36. The molecule has 1 saturated heterocycles. The molecule has 0 N–H and O–H groups in total. The normalized spacial score (nSPS) is 19.9. The smallest absolute Gasteiger partial charge is 0.320 e. The van der Waals surface area contributed by atoms with E-state index in [0.29, 0.717) is 19.6 Å². The first kappa shape index (κ1) is 22.7. The number of sulfone groups is 1. The first-order chi connectivity index (χ1) is 14.3. The first-order valence-electron chi connectivity index (χ1n) is 10.4. The van der Waals surface area contributed by atoms with Gasteiger partial charge in [0.2, 0.25) is 0 Å². The molecule has 1 amide bonds. The Morgan fingerprint density at radius 3 is 2.33 bits per heavy atom. The molecule has 2 aliphatic rings. The minimum Gasteiger partial charge on any atom is -0.455 e. The van der Waals surface area contributed by atoms with Gasteiger partial charge in [0.25, 0.3) is 5.91 Å². The molecule has 166 valence electrons. The van der Waals surface area contributed by atoms with E-state index in [4.69, 9.17) is 4.74 Å². The molecule has 0 spiro atoms. The van der Waals surface area contributed by atoms with Crippen molar-refractivity contribution in [3.8, 4) is 0 Å². The monoisotopic (exact) mass is 440 g/mol. The highest BCUT2D eigenvalue weighted by Gasteiger charge is 2.27. The standard InChI is InChI=1S/C21H29FN2O5S/c22-18-8-6-17(7-9-18)14-24(19-4-2-1-3-5-19)20(25)16-29-21(26)15-23-10-12-30(27,28)13-11-23/h6-9,19H,1-5,10-16H2. The summed E-state index contributed by atoms with van der Waals surface area (Å²) in [6, 6.07) is 6.15. The van der Waals surface area contributed by atoms with Crippen LogP contribution in [0.4, 0.5) is 4.39 Å². The van der Waals surface area contributed by atoms with Gasteiger partial charge in [0.05, 0.1) is 18.1 Å². The van der Waals surface area contributed by atoms with Crippen LogP contribution in [-0.2, 0) is 30.7 Å². The van der Waals surface area contributed by atoms with E-state index >= 15 is 0 Å². The molecule has 9 heteroatoms. The fraction of sp³-hybridized carbons (Fsp3) is 0.619. The van der Waals surface area contributed by atoms with Crippen molar-refractivity contribution in [1.82, 2.24) is 9.80 Å². The first-order valence-corrected chi connectivity index (χ1v) is 12.3. The number of amides is 1. The maximum atomic E-state index is 13.2. The van der Waals surface area contributed by atoms with Crippen LogP contribution in [0.2, 0.25) is 0 Å². The van der Waals surface area contributed by atoms with Gasteiger partial charge in [-0.15, -0.1) is 0 Å². The quantitative estimate of drug-likeness (QED) is 0.601. The van der Waals surface area contributed by atoms with Crippen molar-refractivity contribution in [3.63, 3.8) is 0 Å². The third kappa shape index (κ3) is 6.77. The summed E-state index contributed by atoms with van der Waals surface area (Å²) >= 11 is 0. The Kier molecular flexibility index (Phi) is 7.82. The Bertz CT molecular complexity index is 823. The lowest BCUT2D eigenvalue weighted by Gasteiger charge is -2.34. The number of carbonyl (C=O) groups is 2. The van der Waals surface area contributed by atoms with Gasteiger partial charge in [-0.05, 0) is 30.5 Å². The third-order valence-electron chi connectivity index (χ3n) is 5.75. The number of halogens is 1. The second-order valence-corrected chi connectivity index (χ2v) is 10.3. The van der Waals surface area contributed by atoms with Crippen molar-refractivity contribution >= 4 is 21.7 Å². The molecule has 0 bridgehead atoms. The summed E-state index contributed by atoms with van der Waals surface area (Å²) in [5.41, 5.74) is 0.830. The van der Waals surface area contributed by atoms with E-state index in [0.717, 1.165) is 37.7 Å². The van der Waals surface area contributed by atoms with E-state index in [1.165, 1.54) is 12.1 Å². The maximum absolute atomic E-state index is 13.2. The molecule has 1 aromatic rings. The highest BCUT2D eigenvalue weighted by Crippen LogP contribution is 2.24. The largest absolute Gasteiger partial charge is 0.455 e. The van der Waals surface area contributed by atoms with E-state index in [9.17, 15) is 22.4 Å². The molecule has 7 nitrogen and oxygen atoms in total. The topological polar surface area (TPSA) is 84.0 Å². The van der Waals surface area contributed by atoms with Crippen molar-refractivity contribution in [2.45, 2.75) is 44.7 Å². The number of esters is 1. The van der Waals surface area contributed by atoms with E-state index < -0.39 is 15.8 Å². The summed E-state index contributed by atoms with van der Waals surface area (Å²) in [4.78, 5) is 28.5. The summed E-state index contributed by atoms with van der Waals surface area (Å²) in [5, 5.41) is 0. The molecule has 1 heterocycles. The van der Waals surface area contributed by atoms with Crippen LogP contribution in [0.5, 0.6) is 0 Å². The average Bonchev–Trinajstić information content (AvgIpc) is 2.74. The molecule has 1 aliphatic heterocycles. The van der Waals surface area contributed by atoms with Crippen LogP contribution >= 0.6 is 0 Å². The van der Waals surface area contributed by atoms with Crippen molar-refractivity contribution in [2.24, 2.45) is 0 Å². The molecule has 2 fully saturated rings. The van der Waals surface area contributed by atoms with Gasteiger partial charge in [-0.2, -0.15) is 0 Å². The number of rotatable bonds is 7. The van der Waals surface area contributed by atoms with Crippen LogP contribution in [0, 0.1) is 5.82 Å². The van der Waals surface area contributed by atoms with Gasteiger partial charge < -0.3 is 9.64 Å². The number of hydrogen-bond acceptors (Lipinski definition) is 6. The molecular formula is C21H29FN2O5S. The van der Waals surface area contributed by atoms with Gasteiger partial charge in [0.1, 0.15) is 5.82 Å². The second kappa shape index (κ2) is 10.3. The maximum Gasteiger partial charge on any atom is 0.320 e. The fourth-order valence-electron chi connectivity index (χ4n) is 3.96. The lowest BCUT2D eigenvalue weighted by molar-refractivity contribution is -0.154. The van der Waals surface area contributed by atoms with E-state index in [1.54, 1.807) is 21.9 Å². The van der Waals surface area contributed by atoms with Crippen molar-refractivity contribution in [3.05, 3.63) is 35.6 Å². The Balaban J connectivity index is 1.54. The predicted octanol–water partition coefficient (Wildman–Crippen LogP) is 1.76. The zero-order chi connectivity index (χ0) is 21.6. The Hall–Kier alpha value is -2.00. The van der Waals surface area contributed by atoms with Crippen LogP contribution in [0.3, 0.4) is 0 Å². The zero-order valence-corrected chi connectivity index (χ0v) is 17.9. The highest BCUT2D eigenvalue weighted by atomic mass is 32.2. The van der Waals surface area contributed by atoms with Gasteiger partial charge in [0.15, 0.2) is 16.4 Å². The van der Waals surface area contributed by atoms with Gasteiger partial charge in [-0.3, -0.25) is 14.5 Å². The van der Waals surface area contributed by atoms with E-state index in [1.807, 2.05) is 0 Å². The average molecular weight is 441 g/mol.